The minimum atomic E-state index is -0.322. The first-order valence-electron chi connectivity index (χ1n) is 7.80. The van der Waals surface area contributed by atoms with Crippen LogP contribution >= 0.6 is 11.6 Å². The quantitative estimate of drug-likeness (QED) is 0.750. The van der Waals surface area contributed by atoms with Crippen LogP contribution in [0.25, 0.3) is 0 Å². The molecule has 1 unspecified atom stereocenters. The molecule has 0 bridgehead atoms. The van der Waals surface area contributed by atoms with Crippen molar-refractivity contribution in [3.63, 3.8) is 0 Å². The first-order chi connectivity index (χ1) is 11.5. The predicted octanol–water partition coefficient (Wildman–Crippen LogP) is 1.60. The maximum Gasteiger partial charge on any atom is 0.260 e. The summed E-state index contributed by atoms with van der Waals surface area (Å²) in [4.78, 5) is 0. The summed E-state index contributed by atoms with van der Waals surface area (Å²) in [5.41, 5.74) is 3.53. The average molecular weight is 384 g/mol. The van der Waals surface area contributed by atoms with Gasteiger partial charge in [0.25, 0.3) is 5.69 Å². The van der Waals surface area contributed by atoms with Crippen molar-refractivity contribution in [1.82, 2.24) is 0 Å². The van der Waals surface area contributed by atoms with Crippen LogP contribution in [0.5, 0.6) is 11.5 Å². The second kappa shape index (κ2) is 7.63. The normalized spacial score (nSPS) is 16.2. The Hall–Kier alpha value is -1.78. The van der Waals surface area contributed by atoms with Gasteiger partial charge in [-0.05, 0) is 36.8 Å². The zero-order valence-electron chi connectivity index (χ0n) is 14.6. The van der Waals surface area contributed by atoms with Crippen molar-refractivity contribution < 1.29 is 30.8 Å². The number of nitrogens with zero attached hydrogens (tertiary/aromatic N) is 1. The molecular formula is C19H20Cl2FNO2. The monoisotopic (exact) mass is 383 g/mol. The molecule has 0 amide bonds. The van der Waals surface area contributed by atoms with Gasteiger partial charge in [-0.25, -0.2) is 0 Å². The molecule has 6 heteroatoms. The molecule has 0 saturated heterocycles. The third-order valence-corrected chi connectivity index (χ3v) is 4.80. The Morgan fingerprint density at radius 3 is 2.40 bits per heavy atom. The Morgan fingerprint density at radius 1 is 1.16 bits per heavy atom. The van der Waals surface area contributed by atoms with Gasteiger partial charge in [0, 0.05) is 18.9 Å². The van der Waals surface area contributed by atoms with Gasteiger partial charge in [0.05, 0.1) is 14.2 Å². The number of hydrogen-bond acceptors (Lipinski definition) is 2. The summed E-state index contributed by atoms with van der Waals surface area (Å²) in [6.07, 6.45) is 0.762. The van der Waals surface area contributed by atoms with Crippen molar-refractivity contribution in [1.29, 1.82) is 0 Å². The predicted molar refractivity (Wildman–Crippen MR) is 93.8 cm³/mol. The van der Waals surface area contributed by atoms with E-state index in [0.717, 1.165) is 23.3 Å². The van der Waals surface area contributed by atoms with Crippen LogP contribution in [-0.2, 0) is 6.42 Å². The van der Waals surface area contributed by atoms with E-state index in [9.17, 15) is 4.39 Å². The van der Waals surface area contributed by atoms with Gasteiger partial charge in [-0.2, -0.15) is 8.97 Å². The molecule has 3 nitrogen and oxygen atoms in total. The summed E-state index contributed by atoms with van der Waals surface area (Å²) in [5.74, 6) is 1.04. The number of fused-ring (bicyclic) bond motifs is 1. The van der Waals surface area contributed by atoms with Crippen molar-refractivity contribution in [2.75, 3.05) is 14.2 Å². The summed E-state index contributed by atoms with van der Waals surface area (Å²) in [6, 6.07) is 8.78. The summed E-state index contributed by atoms with van der Waals surface area (Å²) < 4.78 is 27.2. The van der Waals surface area contributed by atoms with Crippen LogP contribution in [-0.4, -0.2) is 30.5 Å². The lowest BCUT2D eigenvalue weighted by Gasteiger charge is -2.23. The highest BCUT2D eigenvalue weighted by Crippen LogP contribution is 2.37. The number of methoxy groups -OCH3 is 2. The molecule has 1 heterocycles. The fourth-order valence-electron chi connectivity index (χ4n) is 3.40. The van der Waals surface area contributed by atoms with Crippen LogP contribution in [0.2, 0.25) is 5.02 Å². The third-order valence-electron chi connectivity index (χ3n) is 4.50. The van der Waals surface area contributed by atoms with Gasteiger partial charge < -0.3 is 21.9 Å². The SMILES string of the molecule is COc1cc2c(cc1OC)C(C)=[N+](c1c(F)cccc1Cl)C(C)C2.[Cl-]. The Bertz CT molecular complexity index is 816. The molecule has 0 saturated carbocycles. The van der Waals surface area contributed by atoms with E-state index in [0.29, 0.717) is 22.2 Å². The number of rotatable bonds is 3. The van der Waals surface area contributed by atoms with Crippen LogP contribution in [0.3, 0.4) is 0 Å². The lowest BCUT2D eigenvalue weighted by Crippen LogP contribution is -3.00. The molecule has 1 aliphatic heterocycles. The van der Waals surface area contributed by atoms with E-state index in [1.165, 1.54) is 6.07 Å². The average Bonchev–Trinajstić information content (AvgIpc) is 2.56. The van der Waals surface area contributed by atoms with E-state index >= 15 is 0 Å². The van der Waals surface area contributed by atoms with Gasteiger partial charge in [0.1, 0.15) is 5.02 Å². The maximum absolute atomic E-state index is 14.4. The summed E-state index contributed by atoms with van der Waals surface area (Å²) >= 11 is 6.29. The molecular weight excluding hydrogens is 364 g/mol. The molecule has 0 aromatic heterocycles. The molecule has 0 N–H and O–H groups in total. The summed E-state index contributed by atoms with van der Waals surface area (Å²) in [5, 5.41) is 0.408. The van der Waals surface area contributed by atoms with E-state index in [1.807, 2.05) is 23.6 Å². The van der Waals surface area contributed by atoms with Crippen molar-refractivity contribution >= 4 is 23.0 Å². The van der Waals surface area contributed by atoms with Gasteiger partial charge in [-0.15, -0.1) is 0 Å². The molecule has 0 spiro atoms. The Morgan fingerprint density at radius 2 is 1.80 bits per heavy atom. The summed E-state index contributed by atoms with van der Waals surface area (Å²) in [6.45, 7) is 4.04. The van der Waals surface area contributed by atoms with Crippen molar-refractivity contribution in [3.05, 3.63) is 52.3 Å². The molecule has 134 valence electrons. The number of hydrogen-bond donors (Lipinski definition) is 0. The minimum Gasteiger partial charge on any atom is -1.00 e. The van der Waals surface area contributed by atoms with Gasteiger partial charge in [0.2, 0.25) is 0 Å². The Balaban J connectivity index is 0.00000225. The van der Waals surface area contributed by atoms with Crippen LogP contribution in [0.1, 0.15) is 25.0 Å². The molecule has 0 fully saturated rings. The van der Waals surface area contributed by atoms with Crippen molar-refractivity contribution in [2.24, 2.45) is 0 Å². The third kappa shape index (κ3) is 3.33. The highest BCUT2D eigenvalue weighted by Gasteiger charge is 2.34. The molecule has 2 aromatic carbocycles. The van der Waals surface area contributed by atoms with Crippen LogP contribution in [0.15, 0.2) is 30.3 Å². The van der Waals surface area contributed by atoms with Gasteiger partial charge >= 0.3 is 0 Å². The fraction of sp³-hybridized carbons (Fsp3) is 0.316. The van der Waals surface area contributed by atoms with Gasteiger partial charge in [0.15, 0.2) is 29.1 Å². The minimum absolute atomic E-state index is 0. The molecule has 2 aromatic rings. The number of ether oxygens (including phenoxy) is 2. The smallest absolute Gasteiger partial charge is 0.260 e. The fourth-order valence-corrected chi connectivity index (χ4v) is 3.66. The highest BCUT2D eigenvalue weighted by atomic mass is 35.5. The zero-order chi connectivity index (χ0) is 17.4. The molecule has 1 aliphatic rings. The van der Waals surface area contributed by atoms with E-state index in [1.54, 1.807) is 26.4 Å². The van der Waals surface area contributed by atoms with Gasteiger partial charge in [-0.3, -0.25) is 0 Å². The van der Waals surface area contributed by atoms with E-state index < -0.39 is 0 Å². The molecule has 3 rings (SSSR count). The second-order valence-electron chi connectivity index (χ2n) is 5.94. The van der Waals surface area contributed by atoms with E-state index in [2.05, 4.69) is 6.92 Å². The molecule has 0 aliphatic carbocycles. The highest BCUT2D eigenvalue weighted by molar-refractivity contribution is 6.32. The standard InChI is InChI=1S/C19H20ClFNO2.ClH/c1-11-8-13-9-17(23-3)18(24-4)10-14(13)12(2)22(11)19-15(20)6-5-7-16(19)21;/h5-7,9-11H,8H2,1-4H3;1H/q+1;/p-1. The number of halogens is 3. The Labute approximate surface area is 158 Å². The molecule has 0 radical (unpaired) electrons. The lowest BCUT2D eigenvalue weighted by atomic mass is 9.92. The largest absolute Gasteiger partial charge is 1.00 e. The zero-order valence-corrected chi connectivity index (χ0v) is 16.1. The maximum atomic E-state index is 14.4. The molecule has 25 heavy (non-hydrogen) atoms. The second-order valence-corrected chi connectivity index (χ2v) is 6.35. The Kier molecular flexibility index (Phi) is 5.96. The van der Waals surface area contributed by atoms with Crippen LogP contribution in [0, 0.1) is 5.82 Å². The van der Waals surface area contributed by atoms with Gasteiger partial charge in [-0.1, -0.05) is 17.7 Å². The topological polar surface area (TPSA) is 21.5 Å². The molecule has 1 atom stereocenters. The number of para-hydroxylation sites is 1. The lowest BCUT2D eigenvalue weighted by molar-refractivity contribution is -0.484. The van der Waals surface area contributed by atoms with Crippen LogP contribution < -0.4 is 21.9 Å². The van der Waals surface area contributed by atoms with Crippen molar-refractivity contribution in [2.45, 2.75) is 26.3 Å². The summed E-state index contributed by atoms with van der Waals surface area (Å²) in [7, 11) is 3.23. The number of benzene rings is 2. The van der Waals surface area contributed by atoms with Crippen LogP contribution in [0.4, 0.5) is 10.1 Å². The van der Waals surface area contributed by atoms with E-state index in [-0.39, 0.29) is 24.3 Å². The van der Waals surface area contributed by atoms with E-state index in [4.69, 9.17) is 21.1 Å². The van der Waals surface area contributed by atoms with Crippen molar-refractivity contribution in [3.8, 4) is 11.5 Å². The first-order valence-corrected chi connectivity index (χ1v) is 8.17. The first kappa shape index (κ1) is 19.5.